The van der Waals surface area contributed by atoms with E-state index in [1.54, 1.807) is 54.6 Å². The minimum Gasteiger partial charge on any atom is -0.489 e. The molecule has 0 saturated carbocycles. The quantitative estimate of drug-likeness (QED) is 0.233. The van der Waals surface area contributed by atoms with Crippen molar-refractivity contribution in [1.29, 1.82) is 0 Å². The van der Waals surface area contributed by atoms with E-state index in [-0.39, 0.29) is 11.2 Å². The fourth-order valence-electron chi connectivity index (χ4n) is 3.77. The summed E-state index contributed by atoms with van der Waals surface area (Å²) in [4.78, 5) is 17.9. The molecule has 5 rings (SSSR count). The fraction of sp³-hybridized carbons (Fsp3) is 0.0345. The smallest absolute Gasteiger partial charge is 0.266 e. The zero-order valence-electron chi connectivity index (χ0n) is 18.9. The van der Waals surface area contributed by atoms with Crippen LogP contribution in [-0.4, -0.2) is 9.55 Å². The molecule has 0 unspecified atom stereocenters. The Balaban J connectivity index is 1.42. The van der Waals surface area contributed by atoms with E-state index in [0.29, 0.717) is 39.1 Å². The molecule has 0 aliphatic carbocycles. The van der Waals surface area contributed by atoms with E-state index in [4.69, 9.17) is 27.9 Å². The molecular formula is C29H19Cl2FN2O2. The minimum absolute atomic E-state index is 0.145. The molecule has 0 radical (unpaired) electrons. The van der Waals surface area contributed by atoms with Gasteiger partial charge in [-0.3, -0.25) is 9.36 Å². The van der Waals surface area contributed by atoms with Gasteiger partial charge in [-0.2, -0.15) is 0 Å². The van der Waals surface area contributed by atoms with Crippen molar-refractivity contribution < 1.29 is 9.13 Å². The van der Waals surface area contributed by atoms with Gasteiger partial charge < -0.3 is 4.74 Å². The molecule has 0 aliphatic rings. The summed E-state index contributed by atoms with van der Waals surface area (Å²) in [5, 5.41) is 1.40. The van der Waals surface area contributed by atoms with Crippen molar-refractivity contribution in [1.82, 2.24) is 9.55 Å². The number of rotatable bonds is 6. The summed E-state index contributed by atoms with van der Waals surface area (Å²) in [6.07, 6.45) is 3.52. The Bertz CT molecular complexity index is 1650. The largest absolute Gasteiger partial charge is 0.489 e. The van der Waals surface area contributed by atoms with Crippen molar-refractivity contribution >= 4 is 46.3 Å². The predicted octanol–water partition coefficient (Wildman–Crippen LogP) is 7.58. The SMILES string of the molecule is O=c1c2ccccc2nc(C=Cc2ccc(OCc3ccc(Cl)c(Cl)c3)cc2)n1-c1ccccc1F. The van der Waals surface area contributed by atoms with Gasteiger partial charge in [-0.15, -0.1) is 0 Å². The van der Waals surface area contributed by atoms with Gasteiger partial charge in [-0.1, -0.05) is 71.7 Å². The van der Waals surface area contributed by atoms with Gasteiger partial charge in [0.2, 0.25) is 0 Å². The highest BCUT2D eigenvalue weighted by atomic mass is 35.5. The monoisotopic (exact) mass is 516 g/mol. The molecule has 0 spiro atoms. The molecule has 0 fully saturated rings. The van der Waals surface area contributed by atoms with Gasteiger partial charge in [-0.25, -0.2) is 9.37 Å². The fourth-order valence-corrected chi connectivity index (χ4v) is 4.09. The minimum atomic E-state index is -0.505. The van der Waals surface area contributed by atoms with Crippen molar-refractivity contribution in [2.45, 2.75) is 6.61 Å². The third-order valence-corrected chi connectivity index (χ3v) is 6.33. The van der Waals surface area contributed by atoms with Gasteiger partial charge in [0, 0.05) is 0 Å². The Kier molecular flexibility index (Phi) is 6.85. The summed E-state index contributed by atoms with van der Waals surface area (Å²) in [5.74, 6) is 0.504. The van der Waals surface area contributed by atoms with Crippen molar-refractivity contribution in [2.24, 2.45) is 0 Å². The van der Waals surface area contributed by atoms with E-state index in [1.165, 1.54) is 10.6 Å². The van der Waals surface area contributed by atoms with Crippen LogP contribution in [0.25, 0.3) is 28.7 Å². The van der Waals surface area contributed by atoms with Gasteiger partial charge in [0.15, 0.2) is 0 Å². The Morgan fingerprint density at radius 1 is 0.861 bits per heavy atom. The maximum atomic E-state index is 14.6. The number of aromatic nitrogens is 2. The second kappa shape index (κ2) is 10.4. The Morgan fingerprint density at radius 3 is 2.39 bits per heavy atom. The van der Waals surface area contributed by atoms with E-state index in [2.05, 4.69) is 4.98 Å². The van der Waals surface area contributed by atoms with Crippen molar-refractivity contribution in [3.8, 4) is 11.4 Å². The van der Waals surface area contributed by atoms with Crippen LogP contribution in [0.5, 0.6) is 5.75 Å². The zero-order chi connectivity index (χ0) is 25.1. The van der Waals surface area contributed by atoms with Crippen LogP contribution in [0.3, 0.4) is 0 Å². The number of hydrogen-bond donors (Lipinski definition) is 0. The van der Waals surface area contributed by atoms with Gasteiger partial charge in [0.05, 0.1) is 26.6 Å². The van der Waals surface area contributed by atoms with Crippen molar-refractivity contribution in [2.75, 3.05) is 0 Å². The topological polar surface area (TPSA) is 44.1 Å². The van der Waals surface area contributed by atoms with Crippen LogP contribution in [0, 0.1) is 5.82 Å². The number of hydrogen-bond acceptors (Lipinski definition) is 3. The summed E-state index contributed by atoms with van der Waals surface area (Å²) in [7, 11) is 0. The normalized spacial score (nSPS) is 11.3. The summed E-state index contributed by atoms with van der Waals surface area (Å²) >= 11 is 12.0. The van der Waals surface area contributed by atoms with Crippen LogP contribution < -0.4 is 10.3 Å². The molecule has 7 heteroatoms. The highest BCUT2D eigenvalue weighted by Gasteiger charge is 2.13. The molecule has 1 aromatic heterocycles. The molecule has 0 aliphatic heterocycles. The zero-order valence-corrected chi connectivity index (χ0v) is 20.4. The molecule has 178 valence electrons. The Labute approximate surface area is 216 Å². The molecule has 0 saturated heterocycles. The summed E-state index contributed by atoms with van der Waals surface area (Å²) in [6.45, 7) is 0.349. The average molecular weight is 517 g/mol. The lowest BCUT2D eigenvalue weighted by Crippen LogP contribution is -2.23. The van der Waals surface area contributed by atoms with E-state index in [9.17, 15) is 9.18 Å². The first-order valence-electron chi connectivity index (χ1n) is 11.1. The van der Waals surface area contributed by atoms with Crippen LogP contribution >= 0.6 is 23.2 Å². The maximum absolute atomic E-state index is 14.6. The Hall–Kier alpha value is -3.93. The first kappa shape index (κ1) is 23.8. The molecule has 0 bridgehead atoms. The predicted molar refractivity (Wildman–Crippen MR) is 143 cm³/mol. The maximum Gasteiger partial charge on any atom is 0.266 e. The molecule has 0 atom stereocenters. The second-order valence-electron chi connectivity index (χ2n) is 8.02. The molecule has 1 heterocycles. The van der Waals surface area contributed by atoms with Crippen molar-refractivity contribution in [3.63, 3.8) is 0 Å². The van der Waals surface area contributed by atoms with Crippen molar-refractivity contribution in [3.05, 3.63) is 134 Å². The standard InChI is InChI=1S/C29H19Cl2FN2O2/c30-23-15-11-20(17-24(23)31)18-36-21-13-9-19(10-14-21)12-16-28-33-26-7-3-1-5-22(26)29(35)34(28)27-8-4-2-6-25(27)32/h1-17H,18H2. The molecule has 4 nitrogen and oxygen atoms in total. The van der Waals surface area contributed by atoms with Gasteiger partial charge in [-0.05, 0) is 65.7 Å². The highest BCUT2D eigenvalue weighted by molar-refractivity contribution is 6.42. The lowest BCUT2D eigenvalue weighted by molar-refractivity contribution is 0.306. The van der Waals surface area contributed by atoms with Gasteiger partial charge in [0.25, 0.3) is 5.56 Å². The van der Waals surface area contributed by atoms with Crippen LogP contribution in [0.2, 0.25) is 10.0 Å². The van der Waals surface area contributed by atoms with Crippen LogP contribution in [-0.2, 0) is 6.61 Å². The molecular weight excluding hydrogens is 498 g/mol. The van der Waals surface area contributed by atoms with E-state index in [1.807, 2.05) is 42.5 Å². The summed E-state index contributed by atoms with van der Waals surface area (Å²) in [5.41, 5.74) is 2.12. The van der Waals surface area contributed by atoms with E-state index < -0.39 is 5.82 Å². The number of nitrogens with zero attached hydrogens (tertiary/aromatic N) is 2. The van der Waals surface area contributed by atoms with Gasteiger partial charge >= 0.3 is 0 Å². The molecule has 5 aromatic rings. The highest BCUT2D eigenvalue weighted by Crippen LogP contribution is 2.24. The lowest BCUT2D eigenvalue weighted by Gasteiger charge is -2.12. The van der Waals surface area contributed by atoms with Crippen LogP contribution in [0.4, 0.5) is 4.39 Å². The molecule has 0 N–H and O–H groups in total. The summed E-state index contributed by atoms with van der Waals surface area (Å²) < 4.78 is 21.8. The Morgan fingerprint density at radius 2 is 1.61 bits per heavy atom. The number of ether oxygens (including phenoxy) is 1. The second-order valence-corrected chi connectivity index (χ2v) is 8.83. The van der Waals surface area contributed by atoms with Gasteiger partial charge in [0.1, 0.15) is 24.0 Å². The first-order valence-corrected chi connectivity index (χ1v) is 11.9. The number of fused-ring (bicyclic) bond motifs is 1. The summed E-state index contributed by atoms with van der Waals surface area (Å²) in [6, 6.07) is 26.0. The number of halogens is 3. The van der Waals surface area contributed by atoms with E-state index >= 15 is 0 Å². The molecule has 0 amide bonds. The third-order valence-electron chi connectivity index (χ3n) is 5.59. The number of benzene rings is 4. The van der Waals surface area contributed by atoms with E-state index in [0.717, 1.165) is 11.1 Å². The molecule has 4 aromatic carbocycles. The van der Waals surface area contributed by atoms with Crippen LogP contribution in [0.15, 0.2) is 95.8 Å². The third kappa shape index (κ3) is 5.03. The number of para-hydroxylation sites is 2. The average Bonchev–Trinajstić information content (AvgIpc) is 2.89. The molecule has 36 heavy (non-hydrogen) atoms. The lowest BCUT2D eigenvalue weighted by atomic mass is 10.2. The van der Waals surface area contributed by atoms with Crippen LogP contribution in [0.1, 0.15) is 17.0 Å². The first-order chi connectivity index (χ1) is 17.5.